The number of benzene rings is 1. The summed E-state index contributed by atoms with van der Waals surface area (Å²) in [6, 6.07) is 4.83. The third-order valence-corrected chi connectivity index (χ3v) is 8.31. The molecule has 222 valence electrons. The zero-order valence-corrected chi connectivity index (χ0v) is 23.9. The summed E-state index contributed by atoms with van der Waals surface area (Å²) in [5.74, 6) is -1.31. The number of carbonyl (C=O) groups is 2. The highest BCUT2D eigenvalue weighted by Gasteiger charge is 2.51. The van der Waals surface area contributed by atoms with E-state index in [9.17, 15) is 22.6 Å². The van der Waals surface area contributed by atoms with Gasteiger partial charge < -0.3 is 31.7 Å². The van der Waals surface area contributed by atoms with Gasteiger partial charge in [0.1, 0.15) is 18.1 Å². The third kappa shape index (κ3) is 7.10. The summed E-state index contributed by atoms with van der Waals surface area (Å²) in [5, 5.41) is 5.65. The molecule has 0 unspecified atom stereocenters. The number of hydrogen-bond acceptors (Lipinski definition) is 12. The number of oxime groups is 1. The Balaban J connectivity index is 1.32. The number of thiazole rings is 1. The number of ketones is 1. The molecule has 1 aromatic carbocycles. The number of hydrogen-bond donors (Lipinski definition) is 4. The lowest BCUT2D eigenvalue weighted by Gasteiger charge is -2.41. The van der Waals surface area contributed by atoms with Crippen LogP contribution < -0.4 is 21.9 Å². The maximum absolute atomic E-state index is 13.0. The molecule has 1 aromatic heterocycles. The standard InChI is InChI=1S/C24H32N8O7S2/c1-14-18(22(34)32(14)41(35,36)37)10-20(33)21(19-13-40-24(27)29-19)30-39-8-7-38-17-4-3-15-11-31(12-16(15)9-17)23(26)28-6-2-5-25/h3-4,9,13-14,18H,2,5-8,10-12,25H2,1H3,(H2,26,28)(H2,27,29)(H,35,36,37)/b30-21-/t14-,18-/m0/s1. The van der Waals surface area contributed by atoms with Crippen molar-refractivity contribution in [2.75, 3.05) is 32.0 Å². The Morgan fingerprint density at radius 2 is 2.02 bits per heavy atom. The van der Waals surface area contributed by atoms with Crippen LogP contribution >= 0.6 is 11.3 Å². The molecule has 0 saturated carbocycles. The number of ether oxygens (including phenoxy) is 1. The summed E-state index contributed by atoms with van der Waals surface area (Å²) < 4.78 is 38.0. The van der Waals surface area contributed by atoms with Gasteiger partial charge in [-0.15, -0.1) is 11.3 Å². The van der Waals surface area contributed by atoms with Gasteiger partial charge in [0, 0.05) is 31.4 Å². The minimum atomic E-state index is -4.70. The van der Waals surface area contributed by atoms with Crippen molar-refractivity contribution < 1.29 is 32.1 Å². The Morgan fingerprint density at radius 1 is 1.27 bits per heavy atom. The Hall–Kier alpha value is -3.80. The van der Waals surface area contributed by atoms with Crippen LogP contribution in [0.25, 0.3) is 0 Å². The normalized spacial score (nSPS) is 19.2. The second kappa shape index (κ2) is 12.8. The maximum atomic E-state index is 13.0. The monoisotopic (exact) mass is 608 g/mol. The minimum absolute atomic E-state index is 0.00431. The molecule has 2 atom stereocenters. The predicted molar refractivity (Wildman–Crippen MR) is 151 cm³/mol. The first-order valence-electron chi connectivity index (χ1n) is 12.7. The Morgan fingerprint density at radius 3 is 2.68 bits per heavy atom. The van der Waals surface area contributed by atoms with Gasteiger partial charge >= 0.3 is 10.3 Å². The molecule has 1 amide bonds. The van der Waals surface area contributed by atoms with Crippen molar-refractivity contribution in [1.82, 2.24) is 14.2 Å². The summed E-state index contributed by atoms with van der Waals surface area (Å²) in [6.45, 7) is 3.94. The Kier molecular flexibility index (Phi) is 9.42. The van der Waals surface area contributed by atoms with E-state index in [1.165, 1.54) is 12.3 Å². The Labute approximate surface area is 240 Å². The van der Waals surface area contributed by atoms with E-state index in [0.29, 0.717) is 42.2 Å². The highest BCUT2D eigenvalue weighted by Crippen LogP contribution is 2.32. The third-order valence-electron chi connectivity index (χ3n) is 6.63. The molecule has 2 aliphatic heterocycles. The number of carbonyl (C=O) groups excluding carboxylic acids is 2. The van der Waals surface area contributed by atoms with E-state index in [1.807, 2.05) is 23.1 Å². The van der Waals surface area contributed by atoms with Gasteiger partial charge in [-0.05, 0) is 43.1 Å². The number of anilines is 1. The van der Waals surface area contributed by atoms with Crippen LogP contribution in [-0.4, -0.2) is 82.9 Å². The molecule has 3 heterocycles. The van der Waals surface area contributed by atoms with Gasteiger partial charge in [0.25, 0.3) is 0 Å². The number of fused-ring (bicyclic) bond motifs is 1. The summed E-state index contributed by atoms with van der Waals surface area (Å²) in [4.78, 5) is 41.0. The van der Waals surface area contributed by atoms with Gasteiger partial charge in [0.05, 0.1) is 12.0 Å². The molecule has 0 aliphatic carbocycles. The number of guanidine groups is 1. The number of Topliss-reactive ketones (excluding diaryl/α,β-unsaturated/α-hetero) is 1. The van der Waals surface area contributed by atoms with E-state index in [0.717, 1.165) is 28.9 Å². The first-order valence-corrected chi connectivity index (χ1v) is 15.0. The van der Waals surface area contributed by atoms with E-state index in [2.05, 4.69) is 15.1 Å². The minimum Gasteiger partial charge on any atom is -0.490 e. The number of aromatic nitrogens is 1. The lowest BCUT2D eigenvalue weighted by atomic mass is 9.86. The highest BCUT2D eigenvalue weighted by molar-refractivity contribution is 7.84. The number of rotatable bonds is 13. The van der Waals surface area contributed by atoms with E-state index in [4.69, 9.17) is 26.8 Å². The molecule has 17 heteroatoms. The van der Waals surface area contributed by atoms with E-state index in [1.54, 1.807) is 0 Å². The van der Waals surface area contributed by atoms with Crippen molar-refractivity contribution in [2.24, 2.45) is 27.5 Å². The quantitative estimate of drug-likeness (QED) is 0.0593. The zero-order chi connectivity index (χ0) is 29.7. The van der Waals surface area contributed by atoms with E-state index >= 15 is 0 Å². The van der Waals surface area contributed by atoms with Crippen molar-refractivity contribution in [3.8, 4) is 5.75 Å². The van der Waals surface area contributed by atoms with Crippen molar-refractivity contribution in [3.63, 3.8) is 0 Å². The van der Waals surface area contributed by atoms with Gasteiger partial charge in [0.2, 0.25) is 5.91 Å². The molecule has 7 N–H and O–H groups in total. The van der Waals surface area contributed by atoms with Gasteiger partial charge in [-0.25, -0.2) is 9.29 Å². The van der Waals surface area contributed by atoms with Crippen LogP contribution in [0.2, 0.25) is 0 Å². The van der Waals surface area contributed by atoms with Crippen molar-refractivity contribution in [2.45, 2.75) is 38.9 Å². The van der Waals surface area contributed by atoms with Gasteiger partial charge in [-0.2, -0.15) is 8.42 Å². The van der Waals surface area contributed by atoms with Crippen LogP contribution in [0.4, 0.5) is 5.13 Å². The second-order valence-corrected chi connectivity index (χ2v) is 11.6. The van der Waals surface area contributed by atoms with Crippen LogP contribution in [0.1, 0.15) is 36.6 Å². The van der Waals surface area contributed by atoms with Crippen LogP contribution in [-0.2, 0) is 37.8 Å². The lowest BCUT2D eigenvalue weighted by Crippen LogP contribution is -2.62. The molecule has 15 nitrogen and oxygen atoms in total. The zero-order valence-electron chi connectivity index (χ0n) is 22.3. The van der Waals surface area contributed by atoms with Crippen LogP contribution in [0.15, 0.2) is 33.7 Å². The van der Waals surface area contributed by atoms with Crippen LogP contribution in [0.5, 0.6) is 5.75 Å². The summed E-state index contributed by atoms with van der Waals surface area (Å²) in [7, 11) is -4.70. The summed E-state index contributed by atoms with van der Waals surface area (Å²) in [6.07, 6.45) is 0.421. The molecule has 41 heavy (non-hydrogen) atoms. The van der Waals surface area contributed by atoms with Crippen LogP contribution in [0, 0.1) is 5.92 Å². The lowest BCUT2D eigenvalue weighted by molar-refractivity contribution is -0.147. The average molecular weight is 609 g/mol. The molecule has 2 aromatic rings. The number of nitrogen functional groups attached to an aromatic ring is 1. The summed E-state index contributed by atoms with van der Waals surface area (Å²) >= 11 is 1.09. The van der Waals surface area contributed by atoms with Crippen molar-refractivity contribution in [3.05, 3.63) is 40.4 Å². The van der Waals surface area contributed by atoms with Gasteiger partial charge in [0.15, 0.2) is 29.2 Å². The van der Waals surface area contributed by atoms with Gasteiger partial charge in [-0.1, -0.05) is 11.2 Å². The molecule has 0 bridgehead atoms. The number of nitrogens with zero attached hydrogens (tertiary/aromatic N) is 5. The first-order chi connectivity index (χ1) is 19.5. The number of aliphatic imine (C=N–C) groups is 1. The molecule has 1 fully saturated rings. The van der Waals surface area contributed by atoms with Crippen LogP contribution in [0.3, 0.4) is 0 Å². The van der Waals surface area contributed by atoms with E-state index in [-0.39, 0.29) is 36.2 Å². The fraction of sp³-hybridized carbons (Fsp3) is 0.458. The number of amides is 1. The number of nitrogens with two attached hydrogens (primary N) is 3. The largest absolute Gasteiger partial charge is 0.490 e. The fourth-order valence-electron chi connectivity index (χ4n) is 4.48. The van der Waals surface area contributed by atoms with Gasteiger partial charge in [-0.3, -0.25) is 19.1 Å². The van der Waals surface area contributed by atoms with E-state index < -0.39 is 34.0 Å². The average Bonchev–Trinajstić information content (AvgIpc) is 3.54. The SMILES string of the molecule is C[C@H]1[C@H](CC(=O)/C(=N\OCCOc2ccc3c(c2)CN(C(N)=NCCCN)C3)c2csc(N)n2)C(=O)N1S(=O)(=O)O. The molecule has 0 spiro atoms. The number of β-lactam (4-membered cyclic amide) rings is 1. The molecule has 4 rings (SSSR count). The Bertz CT molecular complexity index is 1460. The topological polar surface area (TPSA) is 229 Å². The first kappa shape index (κ1) is 30.2. The maximum Gasteiger partial charge on any atom is 0.362 e. The molecular weight excluding hydrogens is 576 g/mol. The molecular formula is C24H32N8O7S2. The molecule has 1 saturated heterocycles. The van der Waals surface area contributed by atoms with Crippen molar-refractivity contribution in [1.29, 1.82) is 0 Å². The highest BCUT2D eigenvalue weighted by atomic mass is 32.2. The predicted octanol–water partition coefficient (Wildman–Crippen LogP) is 0.113. The second-order valence-electron chi connectivity index (χ2n) is 9.45. The fourth-order valence-corrected chi connectivity index (χ4v) is 5.96. The molecule has 2 aliphatic rings. The smallest absolute Gasteiger partial charge is 0.362 e. The molecule has 0 radical (unpaired) electrons. The van der Waals surface area contributed by atoms with Crippen molar-refractivity contribution >= 4 is 50.1 Å². The summed E-state index contributed by atoms with van der Waals surface area (Å²) in [5.41, 5.74) is 19.5.